The lowest BCUT2D eigenvalue weighted by atomic mass is 10.1. The minimum atomic E-state index is -0.490. The van der Waals surface area contributed by atoms with Crippen molar-refractivity contribution in [1.29, 1.82) is 0 Å². The van der Waals surface area contributed by atoms with Gasteiger partial charge in [-0.25, -0.2) is 4.79 Å². The fourth-order valence-corrected chi connectivity index (χ4v) is 1.93. The predicted octanol–water partition coefficient (Wildman–Crippen LogP) is 2.59. The first-order valence-electron chi connectivity index (χ1n) is 7.21. The van der Waals surface area contributed by atoms with Crippen LogP contribution in [0.5, 0.6) is 0 Å². The molecule has 0 saturated carbocycles. The number of aryl methyl sites for hydroxylation is 2. The molecular weight excluding hydrogens is 266 g/mol. The van der Waals surface area contributed by atoms with Gasteiger partial charge in [0.05, 0.1) is 0 Å². The van der Waals surface area contributed by atoms with Crippen LogP contribution in [-0.2, 0) is 4.79 Å². The van der Waals surface area contributed by atoms with Gasteiger partial charge in [0.25, 0.3) is 0 Å². The predicted molar refractivity (Wildman–Crippen MR) is 85.4 cm³/mol. The van der Waals surface area contributed by atoms with Gasteiger partial charge in [-0.3, -0.25) is 10.1 Å². The molecule has 3 N–H and O–H groups in total. The molecule has 0 bridgehead atoms. The monoisotopic (exact) mass is 291 g/mol. The lowest BCUT2D eigenvalue weighted by Gasteiger charge is -2.16. The average molecular weight is 291 g/mol. The van der Waals surface area contributed by atoms with E-state index < -0.39 is 12.1 Å². The van der Waals surface area contributed by atoms with Gasteiger partial charge in [-0.1, -0.05) is 19.9 Å². The molecule has 0 aliphatic carbocycles. The van der Waals surface area contributed by atoms with E-state index in [0.29, 0.717) is 12.5 Å². The third-order valence-electron chi connectivity index (χ3n) is 2.91. The lowest BCUT2D eigenvalue weighted by molar-refractivity contribution is -0.120. The van der Waals surface area contributed by atoms with Crippen LogP contribution >= 0.6 is 0 Å². The summed E-state index contributed by atoms with van der Waals surface area (Å²) in [4.78, 5) is 23.5. The Morgan fingerprint density at radius 2 is 1.62 bits per heavy atom. The smallest absolute Gasteiger partial charge is 0.321 e. The zero-order chi connectivity index (χ0) is 16.0. The van der Waals surface area contributed by atoms with E-state index in [1.807, 2.05) is 39.8 Å². The number of carbonyl (C=O) groups is 2. The third-order valence-corrected chi connectivity index (χ3v) is 2.91. The van der Waals surface area contributed by atoms with Crippen molar-refractivity contribution in [1.82, 2.24) is 10.6 Å². The number of anilines is 1. The van der Waals surface area contributed by atoms with Gasteiger partial charge in [0.15, 0.2) is 0 Å². The second kappa shape index (κ2) is 7.67. The van der Waals surface area contributed by atoms with Crippen molar-refractivity contribution >= 4 is 17.6 Å². The van der Waals surface area contributed by atoms with E-state index in [1.165, 1.54) is 0 Å². The summed E-state index contributed by atoms with van der Waals surface area (Å²) in [5, 5.41) is 8.09. The zero-order valence-corrected chi connectivity index (χ0v) is 13.4. The maximum atomic E-state index is 11.9. The highest BCUT2D eigenvalue weighted by Crippen LogP contribution is 2.14. The maximum absolute atomic E-state index is 11.9. The standard InChI is InChI=1S/C16H25N3O2/c1-10(2)9-17-16(21)19-15(20)13(5)18-14-7-11(3)6-12(4)8-14/h6-8,10,13,18H,9H2,1-5H3,(H2,17,19,20,21)/t13-/m1/s1. The summed E-state index contributed by atoms with van der Waals surface area (Å²) in [7, 11) is 0. The molecule has 0 spiro atoms. The molecular formula is C16H25N3O2. The van der Waals surface area contributed by atoms with E-state index in [2.05, 4.69) is 22.0 Å². The Hall–Kier alpha value is -2.04. The van der Waals surface area contributed by atoms with Crippen LogP contribution in [0.4, 0.5) is 10.5 Å². The Morgan fingerprint density at radius 3 is 2.14 bits per heavy atom. The number of rotatable bonds is 5. The number of amides is 3. The van der Waals surface area contributed by atoms with Gasteiger partial charge < -0.3 is 10.6 Å². The Balaban J connectivity index is 2.52. The van der Waals surface area contributed by atoms with Crippen molar-refractivity contribution < 1.29 is 9.59 Å². The van der Waals surface area contributed by atoms with Crippen molar-refractivity contribution in [2.24, 2.45) is 5.92 Å². The highest BCUT2D eigenvalue weighted by molar-refractivity contribution is 5.97. The molecule has 0 unspecified atom stereocenters. The fourth-order valence-electron chi connectivity index (χ4n) is 1.93. The number of carbonyl (C=O) groups excluding carboxylic acids is 2. The quantitative estimate of drug-likeness (QED) is 0.781. The Kier molecular flexibility index (Phi) is 6.21. The molecule has 1 rings (SSSR count). The number of benzene rings is 1. The van der Waals surface area contributed by atoms with E-state index in [4.69, 9.17) is 0 Å². The summed E-state index contributed by atoms with van der Waals surface area (Å²) in [6.07, 6.45) is 0. The Labute approximate surface area is 126 Å². The summed E-state index contributed by atoms with van der Waals surface area (Å²) < 4.78 is 0. The molecule has 5 heteroatoms. The first kappa shape index (κ1) is 17.0. The molecule has 0 saturated heterocycles. The van der Waals surface area contributed by atoms with Crippen LogP contribution in [0.3, 0.4) is 0 Å². The number of urea groups is 1. The summed E-state index contributed by atoms with van der Waals surface area (Å²) >= 11 is 0. The topological polar surface area (TPSA) is 70.2 Å². The summed E-state index contributed by atoms with van der Waals surface area (Å²) in [5.74, 6) is -0.00733. The van der Waals surface area contributed by atoms with Crippen molar-refractivity contribution in [3.63, 3.8) is 0 Å². The Bertz CT molecular complexity index is 492. The molecule has 1 aromatic carbocycles. The third kappa shape index (κ3) is 6.29. The normalized spacial score (nSPS) is 11.9. The van der Waals surface area contributed by atoms with Gasteiger partial charge in [0.2, 0.25) is 5.91 Å². The minimum Gasteiger partial charge on any atom is -0.374 e. The second-order valence-corrected chi connectivity index (χ2v) is 5.84. The van der Waals surface area contributed by atoms with Crippen molar-refractivity contribution in [3.8, 4) is 0 Å². The molecule has 0 fully saturated rings. The first-order valence-corrected chi connectivity index (χ1v) is 7.21. The Morgan fingerprint density at radius 1 is 1.05 bits per heavy atom. The van der Waals surface area contributed by atoms with Crippen LogP contribution in [-0.4, -0.2) is 24.5 Å². The highest BCUT2D eigenvalue weighted by atomic mass is 16.2. The van der Waals surface area contributed by atoms with Gasteiger partial charge in [-0.15, -0.1) is 0 Å². The van der Waals surface area contributed by atoms with Gasteiger partial charge >= 0.3 is 6.03 Å². The number of imide groups is 1. The molecule has 0 aromatic heterocycles. The zero-order valence-electron chi connectivity index (χ0n) is 13.4. The largest absolute Gasteiger partial charge is 0.374 e. The second-order valence-electron chi connectivity index (χ2n) is 5.84. The first-order chi connectivity index (χ1) is 9.77. The average Bonchev–Trinajstić information content (AvgIpc) is 2.34. The highest BCUT2D eigenvalue weighted by Gasteiger charge is 2.15. The lowest BCUT2D eigenvalue weighted by Crippen LogP contribution is -2.46. The molecule has 0 aliphatic heterocycles. The summed E-state index contributed by atoms with van der Waals surface area (Å²) in [6, 6.07) is 5.05. The maximum Gasteiger partial charge on any atom is 0.321 e. The van der Waals surface area contributed by atoms with E-state index in [0.717, 1.165) is 16.8 Å². The molecule has 5 nitrogen and oxygen atoms in total. The summed E-state index contributed by atoms with van der Waals surface area (Å²) in [5.41, 5.74) is 3.12. The van der Waals surface area contributed by atoms with E-state index in [1.54, 1.807) is 6.92 Å². The van der Waals surface area contributed by atoms with Crippen LogP contribution in [0.1, 0.15) is 31.9 Å². The van der Waals surface area contributed by atoms with E-state index in [9.17, 15) is 9.59 Å². The van der Waals surface area contributed by atoms with Crippen molar-refractivity contribution in [2.45, 2.75) is 40.7 Å². The molecule has 116 valence electrons. The van der Waals surface area contributed by atoms with Crippen LogP contribution in [0.2, 0.25) is 0 Å². The van der Waals surface area contributed by atoms with Crippen molar-refractivity contribution in [3.05, 3.63) is 29.3 Å². The SMILES string of the molecule is Cc1cc(C)cc(N[C@H](C)C(=O)NC(=O)NCC(C)C)c1. The molecule has 1 atom stereocenters. The van der Waals surface area contributed by atoms with Crippen molar-refractivity contribution in [2.75, 3.05) is 11.9 Å². The van der Waals surface area contributed by atoms with Crippen LogP contribution < -0.4 is 16.0 Å². The molecule has 0 heterocycles. The molecule has 0 radical (unpaired) electrons. The molecule has 3 amide bonds. The van der Waals surface area contributed by atoms with Gasteiger partial charge in [0, 0.05) is 12.2 Å². The minimum absolute atomic E-state index is 0.344. The van der Waals surface area contributed by atoms with Gasteiger partial charge in [0.1, 0.15) is 6.04 Å². The van der Waals surface area contributed by atoms with E-state index >= 15 is 0 Å². The van der Waals surface area contributed by atoms with Gasteiger partial charge in [-0.05, 0) is 49.9 Å². The molecule has 0 aliphatic rings. The van der Waals surface area contributed by atoms with Crippen LogP contribution in [0, 0.1) is 19.8 Å². The van der Waals surface area contributed by atoms with Gasteiger partial charge in [-0.2, -0.15) is 0 Å². The molecule has 1 aromatic rings. The molecule has 21 heavy (non-hydrogen) atoms. The number of hydrogen-bond acceptors (Lipinski definition) is 3. The van der Waals surface area contributed by atoms with Crippen LogP contribution in [0.25, 0.3) is 0 Å². The van der Waals surface area contributed by atoms with E-state index in [-0.39, 0.29) is 5.91 Å². The summed E-state index contributed by atoms with van der Waals surface area (Å²) in [6.45, 7) is 10.3. The van der Waals surface area contributed by atoms with Crippen LogP contribution in [0.15, 0.2) is 18.2 Å². The number of hydrogen-bond donors (Lipinski definition) is 3. The fraction of sp³-hybridized carbons (Fsp3) is 0.500. The number of nitrogens with one attached hydrogen (secondary N) is 3.